The van der Waals surface area contributed by atoms with E-state index in [0.717, 1.165) is 6.07 Å². The zero-order chi connectivity index (χ0) is 14.0. The van der Waals surface area contributed by atoms with E-state index in [-0.39, 0.29) is 12.1 Å². The molecular weight excluding hydrogens is 254 g/mol. The molecule has 0 saturated heterocycles. The van der Waals surface area contributed by atoms with Crippen LogP contribution in [-0.4, -0.2) is 25.9 Å². The molecule has 0 bridgehead atoms. The van der Waals surface area contributed by atoms with Crippen LogP contribution in [0.15, 0.2) is 30.9 Å². The maximum Gasteiger partial charge on any atom is 0.137 e. The number of aliphatic hydroxyl groups is 1. The first-order valence-electron chi connectivity index (χ1n) is 5.69. The number of hydrogen-bond acceptors (Lipinski definition) is 4. The summed E-state index contributed by atoms with van der Waals surface area (Å²) in [4.78, 5) is 3.74. The average molecular weight is 268 g/mol. The minimum atomic E-state index is -1.70. The number of benzene rings is 1. The zero-order valence-corrected chi connectivity index (χ0v) is 10.3. The molecule has 1 heterocycles. The molecule has 0 aliphatic carbocycles. The van der Waals surface area contributed by atoms with E-state index in [1.54, 1.807) is 6.92 Å². The van der Waals surface area contributed by atoms with Crippen molar-refractivity contribution in [3.63, 3.8) is 0 Å². The first kappa shape index (κ1) is 13.6. The molecule has 7 heteroatoms. The van der Waals surface area contributed by atoms with E-state index in [0.29, 0.717) is 6.07 Å². The van der Waals surface area contributed by atoms with Crippen molar-refractivity contribution in [2.75, 3.05) is 0 Å². The lowest BCUT2D eigenvalue weighted by Crippen LogP contribution is -2.47. The van der Waals surface area contributed by atoms with Crippen LogP contribution in [-0.2, 0) is 12.1 Å². The maximum absolute atomic E-state index is 13.8. The molecular formula is C12H14F2N4O. The third-order valence-electron chi connectivity index (χ3n) is 3.02. The summed E-state index contributed by atoms with van der Waals surface area (Å²) in [5, 5.41) is 14.5. The summed E-state index contributed by atoms with van der Waals surface area (Å²) in [5.74, 6) is -1.56. The van der Waals surface area contributed by atoms with Gasteiger partial charge in [0.1, 0.15) is 29.9 Å². The lowest BCUT2D eigenvalue weighted by Gasteiger charge is -2.32. The molecule has 0 aliphatic heterocycles. The molecule has 19 heavy (non-hydrogen) atoms. The van der Waals surface area contributed by atoms with Crippen LogP contribution in [0.3, 0.4) is 0 Å². The fraction of sp³-hybridized carbons (Fsp3) is 0.333. The fourth-order valence-corrected chi connectivity index (χ4v) is 1.88. The quantitative estimate of drug-likeness (QED) is 0.859. The Morgan fingerprint density at radius 3 is 2.74 bits per heavy atom. The molecule has 3 N–H and O–H groups in total. The predicted octanol–water partition coefficient (Wildman–Crippen LogP) is 0.791. The Kier molecular flexibility index (Phi) is 3.59. The summed E-state index contributed by atoms with van der Waals surface area (Å²) in [5.41, 5.74) is 3.98. The normalized spacial score (nSPS) is 16.1. The average Bonchev–Trinajstić information content (AvgIpc) is 2.81. The Morgan fingerprint density at radius 2 is 2.21 bits per heavy atom. The number of nitrogens with two attached hydrogens (primary N) is 1. The van der Waals surface area contributed by atoms with Gasteiger partial charge in [-0.05, 0) is 13.0 Å². The number of aromatic nitrogens is 3. The fourth-order valence-electron chi connectivity index (χ4n) is 1.88. The molecule has 0 radical (unpaired) electrons. The van der Waals surface area contributed by atoms with Crippen molar-refractivity contribution in [1.29, 1.82) is 0 Å². The molecule has 5 nitrogen and oxygen atoms in total. The third kappa shape index (κ3) is 2.61. The van der Waals surface area contributed by atoms with Crippen molar-refractivity contribution in [1.82, 2.24) is 14.8 Å². The second-order valence-corrected chi connectivity index (χ2v) is 4.43. The van der Waals surface area contributed by atoms with Gasteiger partial charge in [-0.15, -0.1) is 0 Å². The molecule has 1 aromatic heterocycles. The Hall–Kier alpha value is -1.86. The first-order chi connectivity index (χ1) is 8.93. The van der Waals surface area contributed by atoms with Gasteiger partial charge in [0.05, 0.1) is 6.54 Å². The standard InChI is InChI=1S/C12H14F2N4O/c1-8(15)12(19,5-18-7-16-6-17-18)10-3-2-9(13)4-11(10)14/h2-4,6-8,19H,5,15H2,1H3/t8-,12-/m0/s1. The molecule has 0 spiro atoms. The second-order valence-electron chi connectivity index (χ2n) is 4.43. The monoisotopic (exact) mass is 268 g/mol. The molecule has 2 rings (SSSR count). The second kappa shape index (κ2) is 5.02. The van der Waals surface area contributed by atoms with Crippen LogP contribution in [0.1, 0.15) is 12.5 Å². The van der Waals surface area contributed by atoms with Gasteiger partial charge < -0.3 is 10.8 Å². The molecule has 2 atom stereocenters. The van der Waals surface area contributed by atoms with E-state index in [9.17, 15) is 13.9 Å². The number of halogens is 2. The number of rotatable bonds is 4. The summed E-state index contributed by atoms with van der Waals surface area (Å²) < 4.78 is 28.1. The molecule has 0 unspecified atom stereocenters. The van der Waals surface area contributed by atoms with E-state index < -0.39 is 23.3 Å². The Labute approximate surface area is 108 Å². The largest absolute Gasteiger partial charge is 0.381 e. The highest BCUT2D eigenvalue weighted by atomic mass is 19.1. The van der Waals surface area contributed by atoms with Crippen molar-refractivity contribution >= 4 is 0 Å². The van der Waals surface area contributed by atoms with Gasteiger partial charge in [0.2, 0.25) is 0 Å². The summed E-state index contributed by atoms with van der Waals surface area (Å²) in [6.07, 6.45) is 2.68. The molecule has 102 valence electrons. The van der Waals surface area contributed by atoms with E-state index in [1.165, 1.54) is 23.4 Å². The van der Waals surface area contributed by atoms with Crippen LogP contribution in [0.5, 0.6) is 0 Å². The van der Waals surface area contributed by atoms with Gasteiger partial charge in [-0.25, -0.2) is 18.4 Å². The lowest BCUT2D eigenvalue weighted by atomic mass is 9.87. The van der Waals surface area contributed by atoms with Crippen molar-refractivity contribution in [2.45, 2.75) is 25.1 Å². The molecule has 0 amide bonds. The van der Waals surface area contributed by atoms with Crippen molar-refractivity contribution in [3.8, 4) is 0 Å². The molecule has 0 saturated carbocycles. The smallest absolute Gasteiger partial charge is 0.137 e. The van der Waals surface area contributed by atoms with Crippen LogP contribution in [0.4, 0.5) is 8.78 Å². The number of nitrogens with zero attached hydrogens (tertiary/aromatic N) is 3. The minimum absolute atomic E-state index is 0.0700. The Balaban J connectivity index is 2.43. The highest BCUT2D eigenvalue weighted by Gasteiger charge is 2.37. The number of hydrogen-bond donors (Lipinski definition) is 2. The zero-order valence-electron chi connectivity index (χ0n) is 10.3. The maximum atomic E-state index is 13.8. The van der Waals surface area contributed by atoms with Crippen LogP contribution in [0.2, 0.25) is 0 Å². The SMILES string of the molecule is C[C@H](N)[C@@](O)(Cn1cncn1)c1ccc(F)cc1F. The lowest BCUT2D eigenvalue weighted by molar-refractivity contribution is -0.00856. The molecule has 0 aliphatic rings. The molecule has 2 aromatic rings. The van der Waals surface area contributed by atoms with Crippen LogP contribution >= 0.6 is 0 Å². The summed E-state index contributed by atoms with van der Waals surface area (Å²) in [7, 11) is 0. The van der Waals surface area contributed by atoms with Gasteiger partial charge in [-0.2, -0.15) is 5.10 Å². The summed E-state index contributed by atoms with van der Waals surface area (Å²) in [6.45, 7) is 1.47. The van der Waals surface area contributed by atoms with Crippen molar-refractivity contribution < 1.29 is 13.9 Å². The summed E-state index contributed by atoms with van der Waals surface area (Å²) in [6, 6.07) is 2.19. The Bertz CT molecular complexity index is 559. The highest BCUT2D eigenvalue weighted by Crippen LogP contribution is 2.28. The van der Waals surface area contributed by atoms with Gasteiger partial charge in [0.15, 0.2) is 0 Å². The van der Waals surface area contributed by atoms with Crippen LogP contribution < -0.4 is 5.73 Å². The summed E-state index contributed by atoms with van der Waals surface area (Å²) >= 11 is 0. The minimum Gasteiger partial charge on any atom is -0.381 e. The van der Waals surface area contributed by atoms with E-state index >= 15 is 0 Å². The van der Waals surface area contributed by atoms with Crippen LogP contribution in [0, 0.1) is 11.6 Å². The van der Waals surface area contributed by atoms with Crippen molar-refractivity contribution in [2.24, 2.45) is 5.73 Å². The molecule has 0 fully saturated rings. The van der Waals surface area contributed by atoms with Gasteiger partial charge in [0, 0.05) is 17.7 Å². The predicted molar refractivity (Wildman–Crippen MR) is 63.9 cm³/mol. The van der Waals surface area contributed by atoms with E-state index in [1.807, 2.05) is 0 Å². The topological polar surface area (TPSA) is 77.0 Å². The van der Waals surface area contributed by atoms with E-state index in [4.69, 9.17) is 5.73 Å². The van der Waals surface area contributed by atoms with E-state index in [2.05, 4.69) is 10.1 Å². The van der Waals surface area contributed by atoms with Gasteiger partial charge in [-0.1, -0.05) is 6.07 Å². The molecule has 1 aromatic carbocycles. The first-order valence-corrected chi connectivity index (χ1v) is 5.69. The van der Waals surface area contributed by atoms with Crippen molar-refractivity contribution in [3.05, 3.63) is 48.1 Å². The van der Waals surface area contributed by atoms with Gasteiger partial charge >= 0.3 is 0 Å². The van der Waals surface area contributed by atoms with Crippen LogP contribution in [0.25, 0.3) is 0 Å². The highest BCUT2D eigenvalue weighted by molar-refractivity contribution is 5.26. The Morgan fingerprint density at radius 1 is 1.47 bits per heavy atom. The van der Waals surface area contributed by atoms with Gasteiger partial charge in [0.25, 0.3) is 0 Å². The van der Waals surface area contributed by atoms with Gasteiger partial charge in [-0.3, -0.25) is 0 Å². The third-order valence-corrected chi connectivity index (χ3v) is 3.02.